The Morgan fingerprint density at radius 3 is 2.86 bits per heavy atom. The molecular weight excluding hydrogens is 394 g/mol. The molecule has 0 atom stereocenters. The van der Waals surface area contributed by atoms with Gasteiger partial charge in [-0.3, -0.25) is 9.59 Å². The Bertz CT molecular complexity index is 1090. The van der Waals surface area contributed by atoms with Crippen molar-refractivity contribution >= 4 is 40.9 Å². The summed E-state index contributed by atoms with van der Waals surface area (Å²) in [6.07, 6.45) is 1.66. The number of fused-ring (bicyclic) bond motifs is 2. The first kappa shape index (κ1) is 18.5. The number of halogens is 1. The summed E-state index contributed by atoms with van der Waals surface area (Å²) in [5, 5.41) is 4.17. The molecular formula is C21H16ClN3O2S. The zero-order valence-electron chi connectivity index (χ0n) is 15.0. The summed E-state index contributed by atoms with van der Waals surface area (Å²) in [7, 11) is 1.72. The first-order valence-electron chi connectivity index (χ1n) is 8.60. The number of pyridine rings is 1. The monoisotopic (exact) mass is 409 g/mol. The van der Waals surface area contributed by atoms with Crippen LogP contribution in [0.2, 0.25) is 5.02 Å². The van der Waals surface area contributed by atoms with E-state index in [1.54, 1.807) is 54.5 Å². The summed E-state index contributed by atoms with van der Waals surface area (Å²) in [5.74, 6) is -0.310. The van der Waals surface area contributed by atoms with Gasteiger partial charge in [0.15, 0.2) is 0 Å². The van der Waals surface area contributed by atoms with E-state index >= 15 is 0 Å². The molecule has 1 aliphatic heterocycles. The van der Waals surface area contributed by atoms with Gasteiger partial charge in [-0.05, 0) is 48.0 Å². The van der Waals surface area contributed by atoms with Crippen molar-refractivity contribution in [2.45, 2.75) is 16.5 Å². The Morgan fingerprint density at radius 2 is 2.04 bits per heavy atom. The molecule has 2 heterocycles. The number of anilines is 1. The molecule has 0 unspecified atom stereocenters. The van der Waals surface area contributed by atoms with Crippen LogP contribution in [-0.2, 0) is 6.54 Å². The van der Waals surface area contributed by atoms with E-state index in [0.29, 0.717) is 27.7 Å². The van der Waals surface area contributed by atoms with Crippen LogP contribution in [0.25, 0.3) is 0 Å². The van der Waals surface area contributed by atoms with Gasteiger partial charge in [-0.1, -0.05) is 35.5 Å². The van der Waals surface area contributed by atoms with Crippen LogP contribution >= 0.6 is 23.4 Å². The fourth-order valence-electron chi connectivity index (χ4n) is 2.97. The molecule has 0 fully saturated rings. The van der Waals surface area contributed by atoms with E-state index in [4.69, 9.17) is 11.6 Å². The van der Waals surface area contributed by atoms with Crippen LogP contribution in [0.4, 0.5) is 5.69 Å². The van der Waals surface area contributed by atoms with E-state index in [-0.39, 0.29) is 11.8 Å². The molecule has 1 N–H and O–H groups in total. The van der Waals surface area contributed by atoms with Gasteiger partial charge in [0.1, 0.15) is 5.03 Å². The highest BCUT2D eigenvalue weighted by Gasteiger charge is 2.26. The molecule has 1 aliphatic rings. The minimum atomic E-state index is -0.192. The molecule has 4 rings (SSSR count). The van der Waals surface area contributed by atoms with Crippen LogP contribution in [0, 0.1) is 0 Å². The fourth-order valence-corrected chi connectivity index (χ4v) is 4.27. The summed E-state index contributed by atoms with van der Waals surface area (Å²) in [4.78, 5) is 32.0. The third kappa shape index (κ3) is 3.61. The number of amides is 2. The molecule has 140 valence electrons. The zero-order chi connectivity index (χ0) is 19.7. The van der Waals surface area contributed by atoms with Gasteiger partial charge in [0.25, 0.3) is 11.8 Å². The van der Waals surface area contributed by atoms with Gasteiger partial charge >= 0.3 is 0 Å². The summed E-state index contributed by atoms with van der Waals surface area (Å²) >= 11 is 7.37. The topological polar surface area (TPSA) is 62.3 Å². The number of aromatic nitrogens is 1. The fraction of sp³-hybridized carbons (Fsp3) is 0.0952. The molecule has 28 heavy (non-hydrogen) atoms. The Morgan fingerprint density at radius 1 is 1.18 bits per heavy atom. The number of carbonyl (C=O) groups is 2. The first-order chi connectivity index (χ1) is 13.5. The Labute approximate surface area is 171 Å². The van der Waals surface area contributed by atoms with E-state index in [0.717, 1.165) is 16.1 Å². The molecule has 1 aromatic heterocycles. The molecule has 0 radical (unpaired) electrons. The summed E-state index contributed by atoms with van der Waals surface area (Å²) in [6, 6.07) is 16.2. The van der Waals surface area contributed by atoms with Crippen LogP contribution in [0.3, 0.4) is 0 Å². The zero-order valence-corrected chi connectivity index (χ0v) is 16.6. The Kier molecular flexibility index (Phi) is 5.07. The maximum Gasteiger partial charge on any atom is 0.260 e. The largest absolute Gasteiger partial charge is 0.348 e. The number of rotatable bonds is 3. The van der Waals surface area contributed by atoms with E-state index in [1.807, 2.05) is 18.2 Å². The number of hydrogen-bond donors (Lipinski definition) is 1. The minimum absolute atomic E-state index is 0.118. The van der Waals surface area contributed by atoms with Crippen LogP contribution in [0.5, 0.6) is 0 Å². The van der Waals surface area contributed by atoms with Crippen molar-refractivity contribution in [1.82, 2.24) is 10.3 Å². The van der Waals surface area contributed by atoms with Gasteiger partial charge < -0.3 is 10.2 Å². The summed E-state index contributed by atoms with van der Waals surface area (Å²) in [6.45, 7) is 0.381. The second kappa shape index (κ2) is 7.66. The highest BCUT2D eigenvalue weighted by Crippen LogP contribution is 2.40. The lowest BCUT2D eigenvalue weighted by molar-refractivity contribution is 0.0949. The van der Waals surface area contributed by atoms with E-state index in [2.05, 4.69) is 10.3 Å². The standard InChI is InChI=1S/C21H16ClN3O2S/c1-25-17-8-7-14(19(26)24-12-13-4-2-5-15(22)10-13)11-18(17)28-20-16(21(25)27)6-3-9-23-20/h2-11H,12H2,1H3,(H,24,26). The normalized spacial score (nSPS) is 12.8. The summed E-state index contributed by atoms with van der Waals surface area (Å²) < 4.78 is 0. The third-order valence-electron chi connectivity index (χ3n) is 4.44. The van der Waals surface area contributed by atoms with Crippen molar-refractivity contribution in [3.05, 3.63) is 82.5 Å². The molecule has 2 amide bonds. The minimum Gasteiger partial charge on any atom is -0.348 e. The van der Waals surface area contributed by atoms with Gasteiger partial charge in [0.2, 0.25) is 0 Å². The lowest BCUT2D eigenvalue weighted by atomic mass is 10.1. The second-order valence-corrected chi connectivity index (χ2v) is 7.78. The van der Waals surface area contributed by atoms with Crippen LogP contribution in [0.15, 0.2) is 70.7 Å². The van der Waals surface area contributed by atoms with E-state index in [1.165, 1.54) is 11.8 Å². The molecule has 0 saturated carbocycles. The van der Waals surface area contributed by atoms with Crippen LogP contribution < -0.4 is 10.2 Å². The van der Waals surface area contributed by atoms with Crippen molar-refractivity contribution in [1.29, 1.82) is 0 Å². The predicted octanol–water partition coefficient (Wildman–Crippen LogP) is 4.41. The molecule has 5 nitrogen and oxygen atoms in total. The van der Waals surface area contributed by atoms with Gasteiger partial charge in [0, 0.05) is 35.3 Å². The van der Waals surface area contributed by atoms with Gasteiger partial charge in [0.05, 0.1) is 11.3 Å². The lowest BCUT2D eigenvalue weighted by Gasteiger charge is -2.17. The lowest BCUT2D eigenvalue weighted by Crippen LogP contribution is -2.26. The summed E-state index contributed by atoms with van der Waals surface area (Å²) in [5.41, 5.74) is 2.75. The maximum absolute atomic E-state index is 12.7. The van der Waals surface area contributed by atoms with Gasteiger partial charge in [-0.15, -0.1) is 0 Å². The van der Waals surface area contributed by atoms with Crippen LogP contribution in [0.1, 0.15) is 26.3 Å². The number of nitrogens with zero attached hydrogens (tertiary/aromatic N) is 2. The second-order valence-electron chi connectivity index (χ2n) is 6.32. The van der Waals surface area contributed by atoms with Crippen molar-refractivity contribution in [2.24, 2.45) is 0 Å². The maximum atomic E-state index is 12.7. The Hall–Kier alpha value is -2.83. The third-order valence-corrected chi connectivity index (χ3v) is 5.74. The first-order valence-corrected chi connectivity index (χ1v) is 9.80. The van der Waals surface area contributed by atoms with Crippen molar-refractivity contribution < 1.29 is 9.59 Å². The van der Waals surface area contributed by atoms with E-state index < -0.39 is 0 Å². The predicted molar refractivity (Wildman–Crippen MR) is 110 cm³/mol. The molecule has 2 aromatic carbocycles. The highest BCUT2D eigenvalue weighted by molar-refractivity contribution is 7.99. The van der Waals surface area contributed by atoms with E-state index in [9.17, 15) is 9.59 Å². The number of nitrogens with one attached hydrogen (secondary N) is 1. The Balaban J connectivity index is 1.59. The van der Waals surface area contributed by atoms with Crippen molar-refractivity contribution in [2.75, 3.05) is 11.9 Å². The quantitative estimate of drug-likeness (QED) is 0.696. The average molecular weight is 410 g/mol. The van der Waals surface area contributed by atoms with Crippen molar-refractivity contribution in [3.8, 4) is 0 Å². The number of benzene rings is 2. The molecule has 0 saturated heterocycles. The van der Waals surface area contributed by atoms with Gasteiger partial charge in [-0.25, -0.2) is 4.98 Å². The molecule has 7 heteroatoms. The number of hydrogen-bond acceptors (Lipinski definition) is 4. The molecule has 0 spiro atoms. The highest BCUT2D eigenvalue weighted by atomic mass is 35.5. The molecule has 0 aliphatic carbocycles. The SMILES string of the molecule is CN1C(=O)c2cccnc2Sc2cc(C(=O)NCc3cccc(Cl)c3)ccc21. The molecule has 0 bridgehead atoms. The number of carbonyl (C=O) groups excluding carboxylic acids is 2. The van der Waals surface area contributed by atoms with Gasteiger partial charge in [-0.2, -0.15) is 0 Å². The van der Waals surface area contributed by atoms with Crippen molar-refractivity contribution in [3.63, 3.8) is 0 Å². The average Bonchev–Trinajstić information content (AvgIpc) is 2.81. The van der Waals surface area contributed by atoms with Crippen LogP contribution in [-0.4, -0.2) is 23.8 Å². The molecule has 3 aromatic rings. The smallest absolute Gasteiger partial charge is 0.260 e.